The summed E-state index contributed by atoms with van der Waals surface area (Å²) in [5.41, 5.74) is 2.08. The average Bonchev–Trinajstić information content (AvgIpc) is 2.77. The molecule has 168 valence electrons. The highest BCUT2D eigenvalue weighted by Crippen LogP contribution is 2.17. The minimum Gasteiger partial charge on any atom is -0.493 e. The van der Waals surface area contributed by atoms with Crippen molar-refractivity contribution < 1.29 is 14.3 Å². The molecular formula is C25H35N3O3. The van der Waals surface area contributed by atoms with Gasteiger partial charge in [0.25, 0.3) is 5.91 Å². The lowest BCUT2D eigenvalue weighted by Crippen LogP contribution is -2.32. The van der Waals surface area contributed by atoms with Crippen LogP contribution in [0, 0.1) is 5.92 Å². The number of hydrogen-bond acceptors (Lipinski definition) is 4. The first-order valence-electron chi connectivity index (χ1n) is 11.1. The molecule has 0 aliphatic carbocycles. The largest absolute Gasteiger partial charge is 0.493 e. The summed E-state index contributed by atoms with van der Waals surface area (Å²) >= 11 is 0. The summed E-state index contributed by atoms with van der Waals surface area (Å²) in [6, 6.07) is 14.6. The number of ether oxygens (including phenoxy) is 1. The summed E-state index contributed by atoms with van der Waals surface area (Å²) in [5.74, 6) is 1.11. The summed E-state index contributed by atoms with van der Waals surface area (Å²) in [7, 11) is 0. The predicted molar refractivity (Wildman–Crippen MR) is 127 cm³/mol. The van der Waals surface area contributed by atoms with E-state index in [1.807, 2.05) is 47.4 Å². The Morgan fingerprint density at radius 3 is 2.26 bits per heavy atom. The quantitative estimate of drug-likeness (QED) is 0.500. The van der Waals surface area contributed by atoms with Gasteiger partial charge in [0.1, 0.15) is 5.75 Å². The van der Waals surface area contributed by atoms with Gasteiger partial charge in [-0.1, -0.05) is 33.8 Å². The predicted octanol–water partition coefficient (Wildman–Crippen LogP) is 5.03. The molecule has 0 saturated heterocycles. The van der Waals surface area contributed by atoms with Crippen molar-refractivity contribution in [3.8, 4) is 5.75 Å². The smallest absolute Gasteiger partial charge is 0.253 e. The zero-order valence-corrected chi connectivity index (χ0v) is 19.1. The molecule has 31 heavy (non-hydrogen) atoms. The van der Waals surface area contributed by atoms with Gasteiger partial charge in [0.2, 0.25) is 5.91 Å². The Labute approximate surface area is 186 Å². The van der Waals surface area contributed by atoms with Gasteiger partial charge in [-0.25, -0.2) is 0 Å². The van der Waals surface area contributed by atoms with Gasteiger partial charge in [-0.05, 0) is 61.2 Å². The van der Waals surface area contributed by atoms with Crippen LogP contribution in [0.15, 0.2) is 48.5 Å². The van der Waals surface area contributed by atoms with E-state index in [1.165, 1.54) is 0 Å². The number of benzene rings is 2. The fourth-order valence-electron chi connectivity index (χ4n) is 3.08. The van der Waals surface area contributed by atoms with Crippen molar-refractivity contribution >= 4 is 23.2 Å². The molecule has 2 aromatic rings. The van der Waals surface area contributed by atoms with Crippen molar-refractivity contribution in [1.29, 1.82) is 0 Å². The lowest BCUT2D eigenvalue weighted by molar-refractivity contribution is -0.114. The Kier molecular flexibility index (Phi) is 9.88. The summed E-state index contributed by atoms with van der Waals surface area (Å²) in [6.45, 7) is 10.6. The van der Waals surface area contributed by atoms with Gasteiger partial charge in [-0.3, -0.25) is 9.59 Å². The van der Waals surface area contributed by atoms with E-state index in [1.54, 1.807) is 6.07 Å². The minimum absolute atomic E-state index is 0.0246. The van der Waals surface area contributed by atoms with Crippen LogP contribution in [0.4, 0.5) is 11.4 Å². The number of carbonyl (C=O) groups is 2. The number of carbonyl (C=O) groups excluding carboxylic acids is 2. The molecule has 0 saturated carbocycles. The molecule has 0 heterocycles. The molecule has 0 spiro atoms. The highest BCUT2D eigenvalue weighted by atomic mass is 16.5. The van der Waals surface area contributed by atoms with Gasteiger partial charge >= 0.3 is 0 Å². The Morgan fingerprint density at radius 2 is 1.65 bits per heavy atom. The van der Waals surface area contributed by atoms with E-state index in [0.717, 1.165) is 37.4 Å². The average molecular weight is 426 g/mol. The molecule has 0 aliphatic heterocycles. The first kappa shape index (κ1) is 24.3. The van der Waals surface area contributed by atoms with E-state index < -0.39 is 0 Å². The molecule has 0 radical (unpaired) electrons. The van der Waals surface area contributed by atoms with Crippen molar-refractivity contribution in [2.75, 3.05) is 36.9 Å². The van der Waals surface area contributed by atoms with Gasteiger partial charge in [0.05, 0.1) is 13.2 Å². The molecule has 2 rings (SSSR count). The second-order valence-corrected chi connectivity index (χ2v) is 8.00. The van der Waals surface area contributed by atoms with Gasteiger partial charge in [-0.15, -0.1) is 0 Å². The maximum Gasteiger partial charge on any atom is 0.253 e. The normalized spacial score (nSPS) is 10.6. The van der Waals surface area contributed by atoms with E-state index in [9.17, 15) is 9.59 Å². The fraction of sp³-hybridized carbons (Fsp3) is 0.440. The van der Waals surface area contributed by atoms with Crippen LogP contribution in [-0.2, 0) is 4.79 Å². The van der Waals surface area contributed by atoms with E-state index >= 15 is 0 Å². The monoisotopic (exact) mass is 425 g/mol. The SMILES string of the molecule is CCCN(CCC)C(=O)c1cccc(NCC(=O)Nc2ccc(OCC(C)C)cc2)c1. The number of nitrogens with one attached hydrogen (secondary N) is 2. The molecular weight excluding hydrogens is 390 g/mol. The van der Waals surface area contributed by atoms with Crippen molar-refractivity contribution in [2.45, 2.75) is 40.5 Å². The number of nitrogens with zero attached hydrogens (tertiary/aromatic N) is 1. The topological polar surface area (TPSA) is 70.7 Å². The molecule has 6 nitrogen and oxygen atoms in total. The summed E-state index contributed by atoms with van der Waals surface area (Å²) in [5, 5.41) is 5.96. The number of hydrogen-bond donors (Lipinski definition) is 2. The summed E-state index contributed by atoms with van der Waals surface area (Å²) < 4.78 is 5.65. The Bertz CT molecular complexity index is 828. The third-order valence-corrected chi connectivity index (χ3v) is 4.56. The third kappa shape index (κ3) is 8.32. The summed E-state index contributed by atoms with van der Waals surface area (Å²) in [4.78, 5) is 27.0. The molecule has 0 aromatic heterocycles. The van der Waals surface area contributed by atoms with Crippen molar-refractivity contribution in [1.82, 2.24) is 4.90 Å². The van der Waals surface area contributed by atoms with E-state index in [-0.39, 0.29) is 18.4 Å². The van der Waals surface area contributed by atoms with Crippen LogP contribution >= 0.6 is 0 Å². The van der Waals surface area contributed by atoms with Crippen LogP contribution < -0.4 is 15.4 Å². The molecule has 6 heteroatoms. The molecule has 0 aliphatic rings. The Balaban J connectivity index is 1.89. The second kappa shape index (κ2) is 12.6. The van der Waals surface area contributed by atoms with Crippen LogP contribution in [0.1, 0.15) is 50.9 Å². The van der Waals surface area contributed by atoms with E-state index in [2.05, 4.69) is 38.3 Å². The lowest BCUT2D eigenvalue weighted by Gasteiger charge is -2.21. The van der Waals surface area contributed by atoms with Gasteiger partial charge in [0.15, 0.2) is 0 Å². The van der Waals surface area contributed by atoms with Gasteiger partial charge in [-0.2, -0.15) is 0 Å². The molecule has 0 fully saturated rings. The second-order valence-electron chi connectivity index (χ2n) is 8.00. The zero-order valence-electron chi connectivity index (χ0n) is 19.1. The van der Waals surface area contributed by atoms with Crippen molar-refractivity contribution in [3.63, 3.8) is 0 Å². The number of amides is 2. The third-order valence-electron chi connectivity index (χ3n) is 4.56. The van der Waals surface area contributed by atoms with Crippen LogP contribution in [0.25, 0.3) is 0 Å². The molecule has 0 bridgehead atoms. The number of rotatable bonds is 12. The fourth-order valence-corrected chi connectivity index (χ4v) is 3.08. The van der Waals surface area contributed by atoms with Crippen molar-refractivity contribution in [3.05, 3.63) is 54.1 Å². The van der Waals surface area contributed by atoms with Crippen LogP contribution in [-0.4, -0.2) is 43.0 Å². The molecule has 0 atom stereocenters. The Morgan fingerprint density at radius 1 is 0.968 bits per heavy atom. The maximum absolute atomic E-state index is 12.8. The minimum atomic E-state index is -0.161. The molecule has 2 aromatic carbocycles. The first-order chi connectivity index (χ1) is 14.9. The van der Waals surface area contributed by atoms with Gasteiger partial charge < -0.3 is 20.3 Å². The molecule has 2 N–H and O–H groups in total. The van der Waals surface area contributed by atoms with Crippen LogP contribution in [0.5, 0.6) is 5.75 Å². The lowest BCUT2D eigenvalue weighted by atomic mass is 10.1. The van der Waals surface area contributed by atoms with Crippen molar-refractivity contribution in [2.24, 2.45) is 5.92 Å². The molecule has 0 unspecified atom stereocenters. The van der Waals surface area contributed by atoms with Crippen LogP contribution in [0.3, 0.4) is 0 Å². The number of anilines is 2. The Hall–Kier alpha value is -3.02. The first-order valence-corrected chi connectivity index (χ1v) is 11.1. The maximum atomic E-state index is 12.8. The van der Waals surface area contributed by atoms with Crippen LogP contribution in [0.2, 0.25) is 0 Å². The highest BCUT2D eigenvalue weighted by Gasteiger charge is 2.14. The van der Waals surface area contributed by atoms with E-state index in [0.29, 0.717) is 23.8 Å². The highest BCUT2D eigenvalue weighted by molar-refractivity contribution is 5.96. The van der Waals surface area contributed by atoms with Gasteiger partial charge in [0, 0.05) is 30.0 Å². The zero-order chi connectivity index (χ0) is 22.6. The molecule has 2 amide bonds. The van der Waals surface area contributed by atoms with E-state index in [4.69, 9.17) is 4.74 Å². The standard InChI is InChI=1S/C25H35N3O3/c1-5-14-28(15-6-2)25(30)20-8-7-9-22(16-20)26-17-24(29)27-21-10-12-23(13-11-21)31-18-19(3)4/h7-13,16,19,26H,5-6,14-15,17-18H2,1-4H3,(H,27,29). The summed E-state index contributed by atoms with van der Waals surface area (Å²) in [6.07, 6.45) is 1.85.